The Morgan fingerprint density at radius 1 is 0.700 bits per heavy atom. The van der Waals surface area contributed by atoms with Crippen LogP contribution in [0.25, 0.3) is 0 Å². The zero-order valence-corrected chi connectivity index (χ0v) is 14.1. The minimum absolute atomic E-state index is 0.565. The van der Waals surface area contributed by atoms with Crippen LogP contribution in [0.1, 0.15) is 81.2 Å². The fraction of sp³-hybridized carbons (Fsp3) is 0.684. The molecule has 1 rings (SSSR count). The second kappa shape index (κ2) is 8.34. The summed E-state index contributed by atoms with van der Waals surface area (Å²) in [5, 5.41) is 10.5. The molecule has 0 radical (unpaired) electrons. The molecule has 1 N–H and O–H groups in total. The third-order valence-electron chi connectivity index (χ3n) is 4.45. The van der Waals surface area contributed by atoms with Crippen molar-refractivity contribution in [1.82, 2.24) is 0 Å². The molecule has 0 saturated carbocycles. The first-order valence-corrected chi connectivity index (χ1v) is 8.47. The Morgan fingerprint density at radius 2 is 1.20 bits per heavy atom. The van der Waals surface area contributed by atoms with Gasteiger partial charge in [-0.1, -0.05) is 40.5 Å². The summed E-state index contributed by atoms with van der Waals surface area (Å²) < 4.78 is 0. The molecule has 0 fully saturated rings. The predicted molar refractivity (Wildman–Crippen MR) is 88.8 cm³/mol. The average Bonchev–Trinajstić information content (AvgIpc) is 2.46. The number of benzene rings is 1. The molecule has 1 aromatic rings. The highest BCUT2D eigenvalue weighted by atomic mass is 16.3. The van der Waals surface area contributed by atoms with E-state index in [9.17, 15) is 5.11 Å². The van der Waals surface area contributed by atoms with E-state index in [2.05, 4.69) is 34.6 Å². The van der Waals surface area contributed by atoms with E-state index in [4.69, 9.17) is 0 Å². The van der Waals surface area contributed by atoms with Gasteiger partial charge in [-0.05, 0) is 73.3 Å². The van der Waals surface area contributed by atoms with Crippen LogP contribution in [0, 0.1) is 6.92 Å². The van der Waals surface area contributed by atoms with Crippen LogP contribution in [0.3, 0.4) is 0 Å². The Morgan fingerprint density at radius 3 is 1.65 bits per heavy atom. The molecule has 0 aliphatic heterocycles. The van der Waals surface area contributed by atoms with E-state index < -0.39 is 0 Å². The van der Waals surface area contributed by atoms with E-state index in [1.807, 2.05) is 0 Å². The molecule has 0 spiro atoms. The Kier molecular flexibility index (Phi) is 7.12. The fourth-order valence-corrected chi connectivity index (χ4v) is 3.26. The average molecular weight is 276 g/mol. The van der Waals surface area contributed by atoms with E-state index in [1.165, 1.54) is 48.8 Å². The lowest BCUT2D eigenvalue weighted by molar-refractivity contribution is 0.461. The smallest absolute Gasteiger partial charge is 0.122 e. The summed E-state index contributed by atoms with van der Waals surface area (Å²) in [4.78, 5) is 0. The lowest BCUT2D eigenvalue weighted by atomic mass is 9.84. The normalized spacial score (nSPS) is 11.1. The predicted octanol–water partition coefficient (Wildman–Crippen LogP) is 5.51. The number of hydrogen-bond donors (Lipinski definition) is 1. The first-order chi connectivity index (χ1) is 9.62. The summed E-state index contributed by atoms with van der Waals surface area (Å²) in [5.74, 6) is 0.565. The molecule has 0 unspecified atom stereocenters. The zero-order chi connectivity index (χ0) is 15.1. The summed E-state index contributed by atoms with van der Waals surface area (Å²) in [7, 11) is 0. The number of rotatable bonds is 8. The van der Waals surface area contributed by atoms with Gasteiger partial charge in [0.2, 0.25) is 0 Å². The highest BCUT2D eigenvalue weighted by Crippen LogP contribution is 2.35. The maximum Gasteiger partial charge on any atom is 0.122 e. The van der Waals surface area contributed by atoms with Crippen LogP contribution in [0.5, 0.6) is 5.75 Å². The lowest BCUT2D eigenvalue weighted by Crippen LogP contribution is -2.07. The summed E-state index contributed by atoms with van der Waals surface area (Å²) in [6.07, 6.45) is 9.17. The number of phenols is 1. The molecule has 1 heteroatoms. The Hall–Kier alpha value is -0.980. The monoisotopic (exact) mass is 276 g/mol. The highest BCUT2D eigenvalue weighted by Gasteiger charge is 2.18. The minimum atomic E-state index is 0.565. The molecule has 114 valence electrons. The van der Waals surface area contributed by atoms with Crippen LogP contribution in [0.15, 0.2) is 0 Å². The maximum absolute atomic E-state index is 10.5. The van der Waals surface area contributed by atoms with Crippen molar-refractivity contribution < 1.29 is 5.11 Å². The van der Waals surface area contributed by atoms with Crippen molar-refractivity contribution in [2.75, 3.05) is 0 Å². The SMILES string of the molecule is CCCCc1c(C)c(O)c(CC)c(CC)c1CCCC. The topological polar surface area (TPSA) is 20.2 Å². The van der Waals surface area contributed by atoms with Gasteiger partial charge in [-0.2, -0.15) is 0 Å². The number of aromatic hydroxyl groups is 1. The number of phenolic OH excluding ortho intramolecular Hbond substituents is 1. The molecule has 0 atom stereocenters. The van der Waals surface area contributed by atoms with Crippen molar-refractivity contribution in [3.05, 3.63) is 27.8 Å². The van der Waals surface area contributed by atoms with Crippen molar-refractivity contribution in [3.63, 3.8) is 0 Å². The van der Waals surface area contributed by atoms with Crippen molar-refractivity contribution in [3.8, 4) is 5.75 Å². The Bertz CT molecular complexity index is 432. The molecule has 1 nitrogen and oxygen atoms in total. The molecule has 0 aliphatic carbocycles. The van der Waals surface area contributed by atoms with Gasteiger partial charge in [0.15, 0.2) is 0 Å². The third-order valence-corrected chi connectivity index (χ3v) is 4.45. The fourth-order valence-electron chi connectivity index (χ4n) is 3.26. The standard InChI is InChI=1S/C19H32O/c1-6-10-12-17-14(5)19(20)16(9-4)15(8-3)18(17)13-11-7-2/h20H,6-13H2,1-5H3. The molecule has 0 saturated heterocycles. The molecular formula is C19H32O. The van der Waals surface area contributed by atoms with Crippen LogP contribution in [-0.2, 0) is 25.7 Å². The van der Waals surface area contributed by atoms with Gasteiger partial charge in [0.25, 0.3) is 0 Å². The number of hydrogen-bond acceptors (Lipinski definition) is 1. The van der Waals surface area contributed by atoms with Crippen molar-refractivity contribution in [2.24, 2.45) is 0 Å². The van der Waals surface area contributed by atoms with E-state index in [0.29, 0.717) is 5.75 Å². The second-order valence-electron chi connectivity index (χ2n) is 5.80. The quantitative estimate of drug-likeness (QED) is 0.663. The summed E-state index contributed by atoms with van der Waals surface area (Å²) in [5.41, 5.74) is 6.74. The molecule has 1 aromatic carbocycles. The lowest BCUT2D eigenvalue weighted by Gasteiger charge is -2.22. The van der Waals surface area contributed by atoms with Gasteiger partial charge < -0.3 is 5.11 Å². The molecule has 0 heterocycles. The van der Waals surface area contributed by atoms with Crippen molar-refractivity contribution >= 4 is 0 Å². The first-order valence-electron chi connectivity index (χ1n) is 8.47. The van der Waals surface area contributed by atoms with Crippen LogP contribution < -0.4 is 0 Å². The van der Waals surface area contributed by atoms with Crippen molar-refractivity contribution in [1.29, 1.82) is 0 Å². The summed E-state index contributed by atoms with van der Waals surface area (Å²) >= 11 is 0. The first kappa shape index (κ1) is 17.1. The zero-order valence-electron chi connectivity index (χ0n) is 14.1. The van der Waals surface area contributed by atoms with Gasteiger partial charge in [-0.15, -0.1) is 0 Å². The van der Waals surface area contributed by atoms with Crippen LogP contribution in [0.4, 0.5) is 0 Å². The van der Waals surface area contributed by atoms with Gasteiger partial charge in [-0.25, -0.2) is 0 Å². The van der Waals surface area contributed by atoms with Crippen LogP contribution >= 0.6 is 0 Å². The van der Waals surface area contributed by atoms with E-state index >= 15 is 0 Å². The van der Waals surface area contributed by atoms with Crippen LogP contribution in [-0.4, -0.2) is 5.11 Å². The van der Waals surface area contributed by atoms with Gasteiger partial charge in [0, 0.05) is 0 Å². The van der Waals surface area contributed by atoms with Gasteiger partial charge in [-0.3, -0.25) is 0 Å². The van der Waals surface area contributed by atoms with Gasteiger partial charge in [0.05, 0.1) is 0 Å². The largest absolute Gasteiger partial charge is 0.507 e. The summed E-state index contributed by atoms with van der Waals surface area (Å²) in [6, 6.07) is 0. The van der Waals surface area contributed by atoms with E-state index in [-0.39, 0.29) is 0 Å². The van der Waals surface area contributed by atoms with Crippen LogP contribution in [0.2, 0.25) is 0 Å². The van der Waals surface area contributed by atoms with E-state index in [1.54, 1.807) is 5.56 Å². The molecular weight excluding hydrogens is 244 g/mol. The molecule has 0 aromatic heterocycles. The molecule has 0 amide bonds. The molecule has 20 heavy (non-hydrogen) atoms. The van der Waals surface area contributed by atoms with Crippen molar-refractivity contribution in [2.45, 2.75) is 86.0 Å². The second-order valence-corrected chi connectivity index (χ2v) is 5.80. The Labute approximate surface area is 125 Å². The Balaban J connectivity index is 3.40. The minimum Gasteiger partial charge on any atom is -0.507 e. The number of unbranched alkanes of at least 4 members (excludes halogenated alkanes) is 2. The molecule has 0 aliphatic rings. The van der Waals surface area contributed by atoms with Gasteiger partial charge in [0.1, 0.15) is 5.75 Å². The summed E-state index contributed by atoms with van der Waals surface area (Å²) in [6.45, 7) is 11.0. The highest BCUT2D eigenvalue weighted by molar-refractivity contribution is 5.55. The third kappa shape index (κ3) is 3.56. The maximum atomic E-state index is 10.5. The molecule has 0 bridgehead atoms. The van der Waals surface area contributed by atoms with E-state index in [0.717, 1.165) is 24.8 Å². The van der Waals surface area contributed by atoms with Gasteiger partial charge >= 0.3 is 0 Å².